The van der Waals surface area contributed by atoms with E-state index in [0.29, 0.717) is 22.4 Å². The van der Waals surface area contributed by atoms with Crippen molar-refractivity contribution in [2.45, 2.75) is 45.2 Å². The fraction of sp³-hybridized carbons (Fsp3) is 0.350. The second-order valence-corrected chi connectivity index (χ2v) is 8.58. The summed E-state index contributed by atoms with van der Waals surface area (Å²) in [6.07, 6.45) is -4.71. The van der Waals surface area contributed by atoms with E-state index in [1.807, 2.05) is 19.9 Å². The summed E-state index contributed by atoms with van der Waals surface area (Å²) in [6.45, 7) is 5.80. The minimum atomic E-state index is -4.47. The van der Waals surface area contributed by atoms with E-state index in [9.17, 15) is 26.4 Å². The van der Waals surface area contributed by atoms with Crippen LogP contribution in [0.2, 0.25) is 0 Å². The van der Waals surface area contributed by atoms with Gasteiger partial charge in [0, 0.05) is 5.69 Å². The summed E-state index contributed by atoms with van der Waals surface area (Å²) < 4.78 is 64.7. The van der Waals surface area contributed by atoms with Gasteiger partial charge in [0.05, 0.1) is 11.3 Å². The summed E-state index contributed by atoms with van der Waals surface area (Å²) >= 11 is 0. The lowest BCUT2D eigenvalue weighted by Gasteiger charge is -2.17. The molecular formula is C20H23F3N2O3S. The summed E-state index contributed by atoms with van der Waals surface area (Å²) in [5.74, 6) is -0.767. The number of halogens is 3. The number of alkyl halides is 3. The molecule has 158 valence electrons. The van der Waals surface area contributed by atoms with E-state index in [4.69, 9.17) is 0 Å². The number of hydrogen-bond acceptors (Lipinski definition) is 3. The normalized spacial score (nSPS) is 12.0. The molecule has 0 fully saturated rings. The lowest BCUT2D eigenvalue weighted by Crippen LogP contribution is -2.34. The third-order valence-corrected chi connectivity index (χ3v) is 6.28. The maximum Gasteiger partial charge on any atom is 0.405 e. The number of rotatable bonds is 6. The zero-order valence-electron chi connectivity index (χ0n) is 16.6. The zero-order valence-corrected chi connectivity index (χ0v) is 17.4. The van der Waals surface area contributed by atoms with Gasteiger partial charge in [-0.1, -0.05) is 18.2 Å². The van der Waals surface area contributed by atoms with Crippen LogP contribution in [-0.2, 0) is 21.2 Å². The van der Waals surface area contributed by atoms with Crippen molar-refractivity contribution >= 4 is 21.6 Å². The highest BCUT2D eigenvalue weighted by atomic mass is 32.2. The van der Waals surface area contributed by atoms with Gasteiger partial charge in [-0.15, -0.1) is 0 Å². The van der Waals surface area contributed by atoms with Crippen LogP contribution in [0.15, 0.2) is 35.2 Å². The van der Waals surface area contributed by atoms with Crippen molar-refractivity contribution in [1.29, 1.82) is 0 Å². The molecule has 29 heavy (non-hydrogen) atoms. The van der Waals surface area contributed by atoms with Crippen LogP contribution in [0, 0.1) is 27.7 Å². The van der Waals surface area contributed by atoms with Crippen molar-refractivity contribution in [2.24, 2.45) is 0 Å². The molecule has 0 heterocycles. The van der Waals surface area contributed by atoms with E-state index in [1.165, 1.54) is 24.3 Å². The predicted octanol–water partition coefficient (Wildman–Crippen LogP) is 3.94. The average molecular weight is 428 g/mol. The number of hydrogen-bond donors (Lipinski definition) is 2. The van der Waals surface area contributed by atoms with E-state index in [-0.39, 0.29) is 11.3 Å². The van der Waals surface area contributed by atoms with Crippen LogP contribution in [0.3, 0.4) is 0 Å². The second-order valence-electron chi connectivity index (χ2n) is 6.96. The van der Waals surface area contributed by atoms with Crippen LogP contribution in [0.25, 0.3) is 0 Å². The highest BCUT2D eigenvalue weighted by molar-refractivity contribution is 7.92. The van der Waals surface area contributed by atoms with Crippen LogP contribution in [0.5, 0.6) is 0 Å². The van der Waals surface area contributed by atoms with Crippen molar-refractivity contribution in [3.63, 3.8) is 0 Å². The first-order chi connectivity index (χ1) is 13.3. The van der Waals surface area contributed by atoms with Crippen LogP contribution < -0.4 is 10.0 Å². The molecule has 0 aliphatic heterocycles. The molecule has 0 bridgehead atoms. The number of sulfonamides is 1. The fourth-order valence-corrected chi connectivity index (χ4v) is 4.60. The SMILES string of the molecule is Cc1cc(C)c(C)c(S(=O)(=O)Nc2ccc(CC(=O)NCC(F)(F)F)cc2)c1C. The van der Waals surface area contributed by atoms with E-state index >= 15 is 0 Å². The van der Waals surface area contributed by atoms with E-state index in [1.54, 1.807) is 19.2 Å². The Morgan fingerprint density at radius 3 is 1.97 bits per heavy atom. The largest absolute Gasteiger partial charge is 0.405 e. The molecule has 2 rings (SSSR count). The standard InChI is InChI=1S/C20H23F3N2O3S/c1-12-9-13(2)15(4)19(14(12)3)29(27,28)25-17-7-5-16(6-8-17)10-18(26)24-11-20(21,22)23/h5-9,25H,10-11H2,1-4H3,(H,24,26). The third-order valence-electron chi connectivity index (χ3n) is 4.62. The molecule has 0 aliphatic rings. The number of anilines is 1. The zero-order chi connectivity index (χ0) is 22.0. The van der Waals surface area contributed by atoms with Crippen molar-refractivity contribution in [3.8, 4) is 0 Å². The molecule has 2 aromatic carbocycles. The summed E-state index contributed by atoms with van der Waals surface area (Å²) in [7, 11) is -3.83. The number of aryl methyl sites for hydroxylation is 2. The average Bonchev–Trinajstić information content (AvgIpc) is 2.59. The summed E-state index contributed by atoms with van der Waals surface area (Å²) in [6, 6.07) is 7.86. The van der Waals surface area contributed by atoms with Crippen LogP contribution in [0.4, 0.5) is 18.9 Å². The Balaban J connectivity index is 2.15. The highest BCUT2D eigenvalue weighted by Crippen LogP contribution is 2.28. The minimum absolute atomic E-state index is 0.227. The van der Waals surface area contributed by atoms with Crippen molar-refractivity contribution in [3.05, 3.63) is 58.1 Å². The molecule has 0 saturated heterocycles. The summed E-state index contributed by atoms with van der Waals surface area (Å²) in [5.41, 5.74) is 3.83. The Kier molecular flexibility index (Phi) is 6.62. The van der Waals surface area contributed by atoms with Crippen molar-refractivity contribution in [1.82, 2.24) is 5.32 Å². The van der Waals surface area contributed by atoms with Gasteiger partial charge in [0.1, 0.15) is 6.54 Å². The quantitative estimate of drug-likeness (QED) is 0.732. The Bertz CT molecular complexity index is 988. The number of amides is 1. The Hall–Kier alpha value is -2.55. The summed E-state index contributed by atoms with van der Waals surface area (Å²) in [4.78, 5) is 11.8. The van der Waals surface area contributed by atoms with Crippen LogP contribution >= 0.6 is 0 Å². The van der Waals surface area contributed by atoms with Gasteiger partial charge >= 0.3 is 6.18 Å². The minimum Gasteiger partial charge on any atom is -0.347 e. The molecule has 1 amide bonds. The first kappa shape index (κ1) is 22.7. The molecule has 5 nitrogen and oxygen atoms in total. The third kappa shape index (κ3) is 5.96. The fourth-order valence-electron chi connectivity index (χ4n) is 2.93. The molecule has 2 N–H and O–H groups in total. The number of carbonyl (C=O) groups excluding carboxylic acids is 1. The number of nitrogens with one attached hydrogen (secondary N) is 2. The van der Waals surface area contributed by atoms with Gasteiger partial charge in [-0.05, 0) is 67.6 Å². The maximum absolute atomic E-state index is 12.9. The van der Waals surface area contributed by atoms with Gasteiger partial charge in [0.15, 0.2) is 0 Å². The molecule has 9 heteroatoms. The predicted molar refractivity (Wildman–Crippen MR) is 105 cm³/mol. The lowest BCUT2D eigenvalue weighted by atomic mass is 10.0. The lowest BCUT2D eigenvalue weighted by molar-refractivity contribution is -0.138. The van der Waals surface area contributed by atoms with Gasteiger partial charge in [0.25, 0.3) is 10.0 Å². The number of benzene rings is 2. The number of carbonyl (C=O) groups is 1. The smallest absolute Gasteiger partial charge is 0.347 e. The molecule has 0 aromatic heterocycles. The topological polar surface area (TPSA) is 75.3 Å². The Morgan fingerprint density at radius 2 is 1.48 bits per heavy atom. The first-order valence-corrected chi connectivity index (χ1v) is 10.3. The highest BCUT2D eigenvalue weighted by Gasteiger charge is 2.27. The van der Waals surface area contributed by atoms with Crippen LogP contribution in [0.1, 0.15) is 27.8 Å². The van der Waals surface area contributed by atoms with E-state index < -0.39 is 28.7 Å². The maximum atomic E-state index is 12.9. The van der Waals surface area contributed by atoms with Crippen molar-refractivity contribution < 1.29 is 26.4 Å². The Morgan fingerprint density at radius 1 is 0.966 bits per heavy atom. The van der Waals surface area contributed by atoms with Gasteiger partial charge in [0.2, 0.25) is 5.91 Å². The van der Waals surface area contributed by atoms with Gasteiger partial charge in [-0.2, -0.15) is 13.2 Å². The van der Waals surface area contributed by atoms with Crippen molar-refractivity contribution in [2.75, 3.05) is 11.3 Å². The van der Waals surface area contributed by atoms with E-state index in [2.05, 4.69) is 4.72 Å². The monoisotopic (exact) mass is 428 g/mol. The molecule has 2 aromatic rings. The van der Waals surface area contributed by atoms with E-state index in [0.717, 1.165) is 11.1 Å². The first-order valence-electron chi connectivity index (χ1n) is 8.83. The molecule has 0 unspecified atom stereocenters. The summed E-state index contributed by atoms with van der Waals surface area (Å²) in [5, 5.41) is 1.79. The molecule has 0 spiro atoms. The molecule has 0 radical (unpaired) electrons. The molecule has 0 atom stereocenters. The molecule has 0 aliphatic carbocycles. The van der Waals surface area contributed by atoms with Crippen LogP contribution in [-0.4, -0.2) is 27.0 Å². The van der Waals surface area contributed by atoms with Gasteiger partial charge in [-0.25, -0.2) is 8.42 Å². The second kappa shape index (κ2) is 8.44. The molecular weight excluding hydrogens is 405 g/mol. The van der Waals surface area contributed by atoms with Gasteiger partial charge in [-0.3, -0.25) is 9.52 Å². The van der Waals surface area contributed by atoms with Gasteiger partial charge < -0.3 is 5.32 Å². The molecule has 0 saturated carbocycles. The Labute approximate surface area is 168 Å².